The van der Waals surface area contributed by atoms with Gasteiger partial charge < -0.3 is 10.1 Å². The molecule has 2 amide bonds. The zero-order valence-electron chi connectivity index (χ0n) is 11.5. The van der Waals surface area contributed by atoms with Crippen molar-refractivity contribution in [1.82, 2.24) is 10.3 Å². The van der Waals surface area contributed by atoms with Crippen molar-refractivity contribution in [2.45, 2.75) is 6.92 Å². The smallest absolute Gasteiger partial charge is 0.320 e. The molecule has 0 bridgehead atoms. The molecule has 0 fully saturated rings. The fourth-order valence-corrected chi connectivity index (χ4v) is 1.63. The second-order valence-electron chi connectivity index (χ2n) is 4.10. The molecule has 1 aromatic heterocycles. The van der Waals surface area contributed by atoms with E-state index in [1.807, 2.05) is 13.0 Å². The highest BCUT2D eigenvalue weighted by molar-refractivity contribution is 5.88. The number of anilines is 1. The van der Waals surface area contributed by atoms with Crippen LogP contribution in [0, 0.1) is 11.3 Å². The molecule has 6 nitrogen and oxygen atoms in total. The lowest BCUT2D eigenvalue weighted by atomic mass is 10.2. The number of hydrogen-bond donors (Lipinski definition) is 2. The number of carbonyl (C=O) groups excluding carboxylic acids is 1. The predicted molar refractivity (Wildman–Crippen MR) is 78.2 cm³/mol. The van der Waals surface area contributed by atoms with Gasteiger partial charge in [0, 0.05) is 18.8 Å². The van der Waals surface area contributed by atoms with Crippen LogP contribution in [0.1, 0.15) is 12.5 Å². The second-order valence-corrected chi connectivity index (χ2v) is 4.10. The first-order valence-electron chi connectivity index (χ1n) is 6.40. The maximum Gasteiger partial charge on any atom is 0.320 e. The van der Waals surface area contributed by atoms with Crippen LogP contribution in [-0.2, 0) is 0 Å². The third-order valence-corrected chi connectivity index (χ3v) is 2.51. The number of aromatic nitrogens is 1. The largest absolute Gasteiger partial charge is 0.457 e. The number of nitriles is 1. The first-order chi connectivity index (χ1) is 10.2. The van der Waals surface area contributed by atoms with Crippen molar-refractivity contribution in [3.8, 4) is 17.6 Å². The molecule has 0 unspecified atom stereocenters. The van der Waals surface area contributed by atoms with E-state index >= 15 is 0 Å². The lowest BCUT2D eigenvalue weighted by molar-refractivity contribution is 0.252. The molecule has 2 rings (SSSR count). The van der Waals surface area contributed by atoms with E-state index in [-0.39, 0.29) is 6.03 Å². The molecule has 0 aliphatic carbocycles. The molecule has 21 heavy (non-hydrogen) atoms. The Morgan fingerprint density at radius 3 is 2.90 bits per heavy atom. The van der Waals surface area contributed by atoms with Crippen molar-refractivity contribution in [2.24, 2.45) is 0 Å². The Bertz CT molecular complexity index is 679. The molecule has 2 aromatic rings. The molecule has 0 saturated heterocycles. The minimum atomic E-state index is -0.325. The van der Waals surface area contributed by atoms with Gasteiger partial charge in [0.2, 0.25) is 0 Å². The topological polar surface area (TPSA) is 87.0 Å². The Morgan fingerprint density at radius 2 is 2.14 bits per heavy atom. The summed E-state index contributed by atoms with van der Waals surface area (Å²) in [5, 5.41) is 14.1. The summed E-state index contributed by atoms with van der Waals surface area (Å²) >= 11 is 0. The molecule has 106 valence electrons. The summed E-state index contributed by atoms with van der Waals surface area (Å²) in [5.41, 5.74) is 0.516. The standard InChI is InChI=1S/C15H14N4O2/c1-2-17-15(20)19-14-9-13(6-7-18-14)21-12-5-3-4-11(8-12)10-16/h3-9H,2H2,1H3,(H2,17,18,19,20). The van der Waals surface area contributed by atoms with Gasteiger partial charge in [-0.3, -0.25) is 5.32 Å². The van der Waals surface area contributed by atoms with Gasteiger partial charge in [-0.05, 0) is 31.2 Å². The summed E-state index contributed by atoms with van der Waals surface area (Å²) in [5.74, 6) is 1.45. The highest BCUT2D eigenvalue weighted by Crippen LogP contribution is 2.23. The quantitative estimate of drug-likeness (QED) is 0.902. The van der Waals surface area contributed by atoms with E-state index < -0.39 is 0 Å². The van der Waals surface area contributed by atoms with Gasteiger partial charge in [0.25, 0.3) is 0 Å². The number of benzene rings is 1. The Morgan fingerprint density at radius 1 is 1.33 bits per heavy atom. The highest BCUT2D eigenvalue weighted by atomic mass is 16.5. The number of carbonyl (C=O) groups is 1. The number of hydrogen-bond acceptors (Lipinski definition) is 4. The van der Waals surface area contributed by atoms with Gasteiger partial charge in [0.15, 0.2) is 0 Å². The van der Waals surface area contributed by atoms with Gasteiger partial charge >= 0.3 is 6.03 Å². The zero-order chi connectivity index (χ0) is 15.1. The van der Waals surface area contributed by atoms with Gasteiger partial charge in [0.05, 0.1) is 11.6 Å². The van der Waals surface area contributed by atoms with Crippen molar-refractivity contribution >= 4 is 11.8 Å². The van der Waals surface area contributed by atoms with E-state index in [4.69, 9.17) is 10.00 Å². The van der Waals surface area contributed by atoms with E-state index in [0.717, 1.165) is 0 Å². The molecule has 0 saturated carbocycles. The van der Waals surface area contributed by atoms with Crippen LogP contribution >= 0.6 is 0 Å². The van der Waals surface area contributed by atoms with Gasteiger partial charge in [-0.1, -0.05) is 6.07 Å². The fourth-order valence-electron chi connectivity index (χ4n) is 1.63. The number of ether oxygens (including phenoxy) is 1. The molecule has 0 aliphatic heterocycles. The second kappa shape index (κ2) is 6.91. The fraction of sp³-hybridized carbons (Fsp3) is 0.133. The van der Waals surface area contributed by atoms with Crippen LogP contribution in [0.15, 0.2) is 42.6 Å². The maximum atomic E-state index is 11.4. The number of urea groups is 1. The first kappa shape index (κ1) is 14.3. The summed E-state index contributed by atoms with van der Waals surface area (Å²) in [6, 6.07) is 11.8. The van der Waals surface area contributed by atoms with E-state index in [0.29, 0.717) is 29.4 Å². The van der Waals surface area contributed by atoms with Crippen LogP contribution < -0.4 is 15.4 Å². The maximum absolute atomic E-state index is 11.4. The first-order valence-corrected chi connectivity index (χ1v) is 6.40. The summed E-state index contributed by atoms with van der Waals surface area (Å²) < 4.78 is 5.64. The van der Waals surface area contributed by atoms with Gasteiger partial charge in [-0.2, -0.15) is 5.26 Å². The lowest BCUT2D eigenvalue weighted by Crippen LogP contribution is -2.28. The number of nitrogens with zero attached hydrogens (tertiary/aromatic N) is 2. The minimum absolute atomic E-state index is 0.325. The Hall–Kier alpha value is -3.07. The molecule has 0 spiro atoms. The molecule has 1 aromatic carbocycles. The molecule has 0 radical (unpaired) electrons. The van der Waals surface area contributed by atoms with Gasteiger partial charge in [-0.25, -0.2) is 9.78 Å². The molecule has 0 atom stereocenters. The van der Waals surface area contributed by atoms with Crippen molar-refractivity contribution < 1.29 is 9.53 Å². The number of amides is 2. The van der Waals surface area contributed by atoms with Crippen molar-refractivity contribution in [2.75, 3.05) is 11.9 Å². The van der Waals surface area contributed by atoms with E-state index in [2.05, 4.69) is 15.6 Å². The van der Waals surface area contributed by atoms with E-state index in [9.17, 15) is 4.79 Å². The summed E-state index contributed by atoms with van der Waals surface area (Å²) in [4.78, 5) is 15.5. The zero-order valence-corrected chi connectivity index (χ0v) is 11.5. The molecule has 6 heteroatoms. The average molecular weight is 282 g/mol. The number of rotatable bonds is 4. The molecule has 1 heterocycles. The van der Waals surface area contributed by atoms with E-state index in [1.54, 1.807) is 36.4 Å². The van der Waals surface area contributed by atoms with Crippen LogP contribution in [0.3, 0.4) is 0 Å². The van der Waals surface area contributed by atoms with Gasteiger partial charge in [0.1, 0.15) is 17.3 Å². The lowest BCUT2D eigenvalue weighted by Gasteiger charge is -2.08. The van der Waals surface area contributed by atoms with Crippen molar-refractivity contribution in [3.63, 3.8) is 0 Å². The van der Waals surface area contributed by atoms with Crippen LogP contribution in [-0.4, -0.2) is 17.6 Å². The minimum Gasteiger partial charge on any atom is -0.457 e. The van der Waals surface area contributed by atoms with Crippen molar-refractivity contribution in [3.05, 3.63) is 48.2 Å². The van der Waals surface area contributed by atoms with Gasteiger partial charge in [-0.15, -0.1) is 0 Å². The Labute approximate surface area is 122 Å². The predicted octanol–water partition coefficient (Wildman–Crippen LogP) is 2.89. The summed E-state index contributed by atoms with van der Waals surface area (Å²) in [7, 11) is 0. The molecule has 2 N–H and O–H groups in total. The van der Waals surface area contributed by atoms with Crippen molar-refractivity contribution in [1.29, 1.82) is 5.26 Å². The Balaban J connectivity index is 2.10. The van der Waals surface area contributed by atoms with Crippen LogP contribution in [0.25, 0.3) is 0 Å². The van der Waals surface area contributed by atoms with E-state index in [1.165, 1.54) is 6.20 Å². The van der Waals surface area contributed by atoms with Crippen LogP contribution in [0.4, 0.5) is 10.6 Å². The summed E-state index contributed by atoms with van der Waals surface area (Å²) in [6.45, 7) is 2.36. The molecular weight excluding hydrogens is 268 g/mol. The number of nitrogens with one attached hydrogen (secondary N) is 2. The Kier molecular flexibility index (Phi) is 4.72. The molecule has 0 aliphatic rings. The average Bonchev–Trinajstić information content (AvgIpc) is 2.48. The third-order valence-electron chi connectivity index (χ3n) is 2.51. The van der Waals surface area contributed by atoms with Crippen LogP contribution in [0.5, 0.6) is 11.5 Å². The third kappa shape index (κ3) is 4.21. The van der Waals surface area contributed by atoms with Crippen LogP contribution in [0.2, 0.25) is 0 Å². The number of pyridine rings is 1. The summed E-state index contributed by atoms with van der Waals surface area (Å²) in [6.07, 6.45) is 1.53. The normalized spacial score (nSPS) is 9.52. The monoisotopic (exact) mass is 282 g/mol. The molecular formula is C15H14N4O2. The highest BCUT2D eigenvalue weighted by Gasteiger charge is 2.04. The SMILES string of the molecule is CCNC(=O)Nc1cc(Oc2cccc(C#N)c2)ccn1.